The summed E-state index contributed by atoms with van der Waals surface area (Å²) in [7, 11) is 2.14. The molecule has 0 aliphatic rings. The Hall–Kier alpha value is 0.0500. The van der Waals surface area contributed by atoms with Gasteiger partial charge >= 0.3 is 0 Å². The molecule has 0 bridgehead atoms. The molecule has 0 atom stereocenters. The minimum atomic E-state index is 0.632. The molecule has 0 aromatic carbocycles. The highest BCUT2D eigenvalue weighted by molar-refractivity contribution is 8.02. The quantitative estimate of drug-likeness (QED) is 0.588. The lowest BCUT2D eigenvalue weighted by molar-refractivity contribution is 0.322. The highest BCUT2D eigenvalue weighted by Crippen LogP contribution is 2.17. The molecule has 0 heterocycles. The van der Waals surface area contributed by atoms with Gasteiger partial charge < -0.3 is 0 Å². The van der Waals surface area contributed by atoms with E-state index in [0.29, 0.717) is 6.04 Å². The second-order valence-corrected chi connectivity index (χ2v) is 4.14. The Balaban J connectivity index is 3.45. The van der Waals surface area contributed by atoms with Gasteiger partial charge in [-0.05, 0) is 32.2 Å². The van der Waals surface area contributed by atoms with E-state index in [9.17, 15) is 0 Å². The van der Waals surface area contributed by atoms with E-state index in [1.807, 2.05) is 11.8 Å². The van der Waals surface area contributed by atoms with Crippen molar-refractivity contribution in [2.75, 3.05) is 12.9 Å². The van der Waals surface area contributed by atoms with Crippen molar-refractivity contribution in [2.24, 2.45) is 0 Å². The van der Waals surface area contributed by atoms with Crippen molar-refractivity contribution >= 4 is 11.8 Å². The summed E-state index contributed by atoms with van der Waals surface area (Å²) in [6.07, 6.45) is 1.08. The Kier molecular flexibility index (Phi) is 5.69. The molecule has 0 fully saturated rings. The first-order valence-electron chi connectivity index (χ1n) is 4.08. The molecule has 2 heteroatoms. The molecule has 0 aromatic rings. The monoisotopic (exact) mass is 173 g/mol. The molecule has 0 radical (unpaired) electrons. The summed E-state index contributed by atoms with van der Waals surface area (Å²) in [5.41, 5.74) is 0. The Labute approximate surface area is 74.9 Å². The minimum Gasteiger partial charge on any atom is -0.294 e. The maximum atomic E-state index is 3.94. The Morgan fingerprint density at radius 1 is 1.55 bits per heavy atom. The summed E-state index contributed by atoms with van der Waals surface area (Å²) in [6.45, 7) is 10.5. The van der Waals surface area contributed by atoms with E-state index in [0.717, 1.165) is 12.3 Å². The van der Waals surface area contributed by atoms with Crippen LogP contribution in [0.25, 0.3) is 0 Å². The van der Waals surface area contributed by atoms with Crippen molar-refractivity contribution in [3.8, 4) is 0 Å². The lowest BCUT2D eigenvalue weighted by Gasteiger charge is -2.20. The molecule has 0 aliphatic heterocycles. The standard InChI is InChI=1S/C9H19NS/c1-6-9(4)11-7-10(5)8(2)3/h8H,4,6-7H2,1-3,5H3. The third-order valence-electron chi connectivity index (χ3n) is 1.75. The largest absolute Gasteiger partial charge is 0.294 e. The Morgan fingerprint density at radius 2 is 2.09 bits per heavy atom. The molecule has 11 heavy (non-hydrogen) atoms. The predicted molar refractivity (Wildman–Crippen MR) is 54.8 cm³/mol. The van der Waals surface area contributed by atoms with Crippen LogP contribution in [0, 0.1) is 0 Å². The zero-order valence-electron chi connectivity index (χ0n) is 8.05. The SMILES string of the molecule is C=C(CC)SCN(C)C(C)C. The number of hydrogen-bond donors (Lipinski definition) is 0. The van der Waals surface area contributed by atoms with E-state index in [1.165, 1.54) is 4.91 Å². The van der Waals surface area contributed by atoms with Gasteiger partial charge in [0.15, 0.2) is 0 Å². The van der Waals surface area contributed by atoms with Crippen LogP contribution in [0.1, 0.15) is 27.2 Å². The third kappa shape index (κ3) is 5.33. The third-order valence-corrected chi connectivity index (χ3v) is 2.98. The van der Waals surface area contributed by atoms with Gasteiger partial charge in [0.2, 0.25) is 0 Å². The van der Waals surface area contributed by atoms with Gasteiger partial charge in [0.25, 0.3) is 0 Å². The molecule has 0 aromatic heterocycles. The normalized spacial score (nSPS) is 11.1. The van der Waals surface area contributed by atoms with Gasteiger partial charge in [-0.15, -0.1) is 11.8 Å². The van der Waals surface area contributed by atoms with Crippen molar-refractivity contribution in [3.05, 3.63) is 11.5 Å². The van der Waals surface area contributed by atoms with Gasteiger partial charge in [-0.3, -0.25) is 4.90 Å². The first-order valence-corrected chi connectivity index (χ1v) is 5.07. The van der Waals surface area contributed by atoms with Crippen LogP contribution in [0.2, 0.25) is 0 Å². The van der Waals surface area contributed by atoms with Crippen molar-refractivity contribution in [1.82, 2.24) is 4.90 Å². The first kappa shape index (κ1) is 11.1. The fourth-order valence-corrected chi connectivity index (χ4v) is 1.33. The average Bonchev–Trinajstić information content (AvgIpc) is 1.99. The van der Waals surface area contributed by atoms with Crippen molar-refractivity contribution in [3.63, 3.8) is 0 Å². The molecule has 0 saturated heterocycles. The molecule has 0 spiro atoms. The smallest absolute Gasteiger partial charge is 0.0487 e. The van der Waals surface area contributed by atoms with Crippen LogP contribution in [0.5, 0.6) is 0 Å². The molecular formula is C9H19NS. The fourth-order valence-electron chi connectivity index (χ4n) is 0.444. The number of rotatable bonds is 5. The van der Waals surface area contributed by atoms with Gasteiger partial charge in [0, 0.05) is 11.9 Å². The van der Waals surface area contributed by atoms with Gasteiger partial charge in [0.05, 0.1) is 0 Å². The second-order valence-electron chi connectivity index (χ2n) is 3.02. The van der Waals surface area contributed by atoms with Crippen molar-refractivity contribution in [2.45, 2.75) is 33.2 Å². The molecule has 66 valence electrons. The molecule has 0 unspecified atom stereocenters. The number of allylic oxidation sites excluding steroid dienone is 1. The lowest BCUT2D eigenvalue weighted by Crippen LogP contribution is -2.25. The zero-order chi connectivity index (χ0) is 8.85. The summed E-state index contributed by atoms with van der Waals surface area (Å²) < 4.78 is 0. The second kappa shape index (κ2) is 5.67. The van der Waals surface area contributed by atoms with E-state index in [1.54, 1.807) is 0 Å². The van der Waals surface area contributed by atoms with Crippen LogP contribution in [0.3, 0.4) is 0 Å². The predicted octanol–water partition coefficient (Wildman–Crippen LogP) is 2.94. The van der Waals surface area contributed by atoms with E-state index < -0.39 is 0 Å². The molecular weight excluding hydrogens is 154 g/mol. The fraction of sp³-hybridized carbons (Fsp3) is 0.778. The van der Waals surface area contributed by atoms with Crippen LogP contribution < -0.4 is 0 Å². The van der Waals surface area contributed by atoms with Gasteiger partial charge in [0.1, 0.15) is 0 Å². The van der Waals surface area contributed by atoms with E-state index in [-0.39, 0.29) is 0 Å². The number of thioether (sulfide) groups is 1. The maximum absolute atomic E-state index is 3.94. The van der Waals surface area contributed by atoms with Gasteiger partial charge in [-0.2, -0.15) is 0 Å². The first-order chi connectivity index (χ1) is 5.07. The lowest BCUT2D eigenvalue weighted by atomic mass is 10.4. The molecule has 0 saturated carbocycles. The van der Waals surface area contributed by atoms with Crippen LogP contribution >= 0.6 is 11.8 Å². The molecule has 0 rings (SSSR count). The topological polar surface area (TPSA) is 3.24 Å². The van der Waals surface area contributed by atoms with E-state index >= 15 is 0 Å². The maximum Gasteiger partial charge on any atom is 0.0487 e. The summed E-state index contributed by atoms with van der Waals surface area (Å²) >= 11 is 1.84. The summed E-state index contributed by atoms with van der Waals surface area (Å²) in [5.74, 6) is 1.06. The van der Waals surface area contributed by atoms with Gasteiger partial charge in [-0.1, -0.05) is 13.5 Å². The molecule has 0 amide bonds. The molecule has 0 aliphatic carbocycles. The Bertz CT molecular complexity index is 121. The summed E-state index contributed by atoms with van der Waals surface area (Å²) in [4.78, 5) is 3.59. The van der Waals surface area contributed by atoms with Crippen LogP contribution in [0.4, 0.5) is 0 Å². The number of hydrogen-bond acceptors (Lipinski definition) is 2. The molecule has 0 N–H and O–H groups in total. The van der Waals surface area contributed by atoms with E-state index in [4.69, 9.17) is 0 Å². The van der Waals surface area contributed by atoms with E-state index in [2.05, 4.69) is 39.3 Å². The highest BCUT2D eigenvalue weighted by Gasteiger charge is 2.02. The van der Waals surface area contributed by atoms with Crippen LogP contribution in [0.15, 0.2) is 11.5 Å². The van der Waals surface area contributed by atoms with Gasteiger partial charge in [-0.25, -0.2) is 0 Å². The summed E-state index contributed by atoms with van der Waals surface area (Å²) in [6, 6.07) is 0.632. The number of nitrogens with zero attached hydrogens (tertiary/aromatic N) is 1. The van der Waals surface area contributed by atoms with Crippen molar-refractivity contribution < 1.29 is 0 Å². The van der Waals surface area contributed by atoms with Crippen LogP contribution in [-0.4, -0.2) is 23.9 Å². The minimum absolute atomic E-state index is 0.632. The van der Waals surface area contributed by atoms with Crippen LogP contribution in [-0.2, 0) is 0 Å². The Morgan fingerprint density at radius 3 is 2.45 bits per heavy atom. The average molecular weight is 173 g/mol. The highest BCUT2D eigenvalue weighted by atomic mass is 32.2. The van der Waals surface area contributed by atoms with Crippen molar-refractivity contribution in [1.29, 1.82) is 0 Å². The molecule has 1 nitrogen and oxygen atoms in total. The summed E-state index contributed by atoms with van der Waals surface area (Å²) in [5, 5.41) is 0. The zero-order valence-corrected chi connectivity index (χ0v) is 8.87.